The van der Waals surface area contributed by atoms with Crippen molar-refractivity contribution in [2.75, 3.05) is 19.4 Å². The fraction of sp³-hybridized carbons (Fsp3) is 0.235. The molecule has 134 valence electrons. The molecule has 0 aliphatic rings. The summed E-state index contributed by atoms with van der Waals surface area (Å²) in [5.74, 6) is -0.222. The molecule has 0 aromatic heterocycles. The normalized spacial score (nSPS) is 11.6. The molecule has 2 aromatic carbocycles. The van der Waals surface area contributed by atoms with E-state index < -0.39 is 10.0 Å². The number of hydrogen-bond acceptors (Lipinski definition) is 3. The van der Waals surface area contributed by atoms with Crippen LogP contribution in [0.25, 0.3) is 0 Å². The summed E-state index contributed by atoms with van der Waals surface area (Å²) in [6.45, 7) is 0. The Morgan fingerprint density at radius 2 is 1.60 bits per heavy atom. The molecule has 0 saturated carbocycles. The number of sulfonamides is 1. The molecule has 0 atom stereocenters. The van der Waals surface area contributed by atoms with Crippen LogP contribution < -0.4 is 5.32 Å². The van der Waals surface area contributed by atoms with E-state index in [1.807, 2.05) is 0 Å². The predicted octanol–water partition coefficient (Wildman–Crippen LogP) is 3.82. The van der Waals surface area contributed by atoms with Gasteiger partial charge in [0.1, 0.15) is 0 Å². The molecule has 0 bridgehead atoms. The average molecular weight is 401 g/mol. The summed E-state index contributed by atoms with van der Waals surface area (Å²) in [5.41, 5.74) is 1.25. The second-order valence-corrected chi connectivity index (χ2v) is 8.54. The van der Waals surface area contributed by atoms with Crippen molar-refractivity contribution < 1.29 is 13.2 Å². The second-order valence-electron chi connectivity index (χ2n) is 5.58. The van der Waals surface area contributed by atoms with Gasteiger partial charge in [0.15, 0.2) is 0 Å². The van der Waals surface area contributed by atoms with Crippen molar-refractivity contribution in [3.05, 3.63) is 58.1 Å². The summed E-state index contributed by atoms with van der Waals surface area (Å²) in [5, 5.41) is 3.44. The van der Waals surface area contributed by atoms with E-state index in [1.165, 1.54) is 26.2 Å². The highest BCUT2D eigenvalue weighted by molar-refractivity contribution is 7.89. The van der Waals surface area contributed by atoms with Gasteiger partial charge in [-0.2, -0.15) is 0 Å². The number of benzene rings is 2. The van der Waals surface area contributed by atoms with Crippen molar-refractivity contribution in [2.24, 2.45) is 0 Å². The molecule has 0 fully saturated rings. The van der Waals surface area contributed by atoms with E-state index in [0.717, 1.165) is 9.87 Å². The van der Waals surface area contributed by atoms with Crippen molar-refractivity contribution in [2.45, 2.75) is 17.7 Å². The van der Waals surface area contributed by atoms with Crippen molar-refractivity contribution in [3.8, 4) is 0 Å². The maximum atomic E-state index is 12.1. The zero-order valence-electron chi connectivity index (χ0n) is 13.8. The summed E-state index contributed by atoms with van der Waals surface area (Å²) in [7, 11) is -0.491. The standard InChI is InChI=1S/C17H18Cl2N2O3S/c1-21(2)25(23,24)13-9-6-12(7-10-13)8-11-16(22)20-17-14(18)4-3-5-15(17)19/h3-7,9-10H,8,11H2,1-2H3,(H,20,22). The molecule has 5 nitrogen and oxygen atoms in total. The van der Waals surface area contributed by atoms with Crippen molar-refractivity contribution >= 4 is 44.8 Å². The van der Waals surface area contributed by atoms with E-state index in [2.05, 4.69) is 5.32 Å². The van der Waals surface area contributed by atoms with E-state index in [1.54, 1.807) is 30.3 Å². The summed E-state index contributed by atoms with van der Waals surface area (Å²) in [6, 6.07) is 11.5. The van der Waals surface area contributed by atoms with Crippen LogP contribution in [0.5, 0.6) is 0 Å². The molecule has 0 radical (unpaired) electrons. The minimum Gasteiger partial charge on any atom is -0.324 e. The number of nitrogens with one attached hydrogen (secondary N) is 1. The van der Waals surface area contributed by atoms with E-state index in [9.17, 15) is 13.2 Å². The third-order valence-electron chi connectivity index (χ3n) is 3.57. The average Bonchev–Trinajstić information content (AvgIpc) is 2.56. The van der Waals surface area contributed by atoms with Crippen LogP contribution in [0.1, 0.15) is 12.0 Å². The zero-order chi connectivity index (χ0) is 18.6. The van der Waals surface area contributed by atoms with Crippen LogP contribution >= 0.6 is 23.2 Å². The Labute approximate surface area is 157 Å². The Morgan fingerprint density at radius 3 is 2.12 bits per heavy atom. The largest absolute Gasteiger partial charge is 0.324 e. The lowest BCUT2D eigenvalue weighted by molar-refractivity contribution is -0.116. The summed E-state index contributed by atoms with van der Waals surface area (Å²) in [4.78, 5) is 12.3. The Morgan fingerprint density at radius 1 is 1.04 bits per heavy atom. The SMILES string of the molecule is CN(C)S(=O)(=O)c1ccc(CCC(=O)Nc2c(Cl)cccc2Cl)cc1. The van der Waals surface area contributed by atoms with E-state index in [0.29, 0.717) is 22.2 Å². The molecule has 0 saturated heterocycles. The van der Waals surface area contributed by atoms with Crippen LogP contribution in [0.3, 0.4) is 0 Å². The Bertz CT molecular complexity index is 846. The van der Waals surface area contributed by atoms with E-state index >= 15 is 0 Å². The highest BCUT2D eigenvalue weighted by Crippen LogP contribution is 2.29. The van der Waals surface area contributed by atoms with Crippen LogP contribution in [0, 0.1) is 0 Å². The van der Waals surface area contributed by atoms with Crippen LogP contribution in [0.4, 0.5) is 5.69 Å². The van der Waals surface area contributed by atoms with Gasteiger partial charge in [-0.1, -0.05) is 41.4 Å². The number of halogens is 2. The highest BCUT2D eigenvalue weighted by Gasteiger charge is 2.16. The predicted molar refractivity (Wildman–Crippen MR) is 101 cm³/mol. The minimum absolute atomic E-state index is 0.216. The Kier molecular flexibility index (Phi) is 6.46. The quantitative estimate of drug-likeness (QED) is 0.801. The number of rotatable bonds is 6. The first-order valence-corrected chi connectivity index (χ1v) is 9.67. The molecule has 2 rings (SSSR count). The van der Waals surface area contributed by atoms with Gasteiger partial charge in [0, 0.05) is 20.5 Å². The molecule has 1 amide bonds. The van der Waals surface area contributed by atoms with E-state index in [-0.39, 0.29) is 17.2 Å². The van der Waals surface area contributed by atoms with Gasteiger partial charge < -0.3 is 5.32 Å². The number of para-hydroxylation sites is 1. The van der Waals surface area contributed by atoms with Gasteiger partial charge in [0.2, 0.25) is 15.9 Å². The molecule has 0 unspecified atom stereocenters. The smallest absolute Gasteiger partial charge is 0.242 e. The fourth-order valence-electron chi connectivity index (χ4n) is 2.12. The van der Waals surface area contributed by atoms with Crippen LogP contribution in [0.2, 0.25) is 10.0 Å². The lowest BCUT2D eigenvalue weighted by atomic mass is 10.1. The maximum absolute atomic E-state index is 12.1. The van der Waals surface area contributed by atoms with Gasteiger partial charge in [-0.15, -0.1) is 0 Å². The number of carbonyl (C=O) groups is 1. The van der Waals surface area contributed by atoms with Gasteiger partial charge in [0.05, 0.1) is 20.6 Å². The topological polar surface area (TPSA) is 66.5 Å². The molecule has 0 spiro atoms. The number of aryl methyl sites for hydroxylation is 1. The molecular formula is C17H18Cl2N2O3S. The van der Waals surface area contributed by atoms with Gasteiger partial charge in [-0.3, -0.25) is 4.79 Å². The lowest BCUT2D eigenvalue weighted by Crippen LogP contribution is -2.22. The lowest BCUT2D eigenvalue weighted by Gasteiger charge is -2.12. The first kappa shape index (κ1) is 19.7. The van der Waals surface area contributed by atoms with Crippen LogP contribution in [-0.4, -0.2) is 32.7 Å². The number of anilines is 1. The molecule has 25 heavy (non-hydrogen) atoms. The van der Waals surface area contributed by atoms with Crippen molar-refractivity contribution in [1.29, 1.82) is 0 Å². The molecular weight excluding hydrogens is 383 g/mol. The summed E-state index contributed by atoms with van der Waals surface area (Å²) in [6.07, 6.45) is 0.692. The monoisotopic (exact) mass is 400 g/mol. The van der Waals surface area contributed by atoms with Gasteiger partial charge >= 0.3 is 0 Å². The number of carbonyl (C=O) groups excluding carboxylic acids is 1. The van der Waals surface area contributed by atoms with Gasteiger partial charge in [-0.25, -0.2) is 12.7 Å². The fourth-order valence-corrected chi connectivity index (χ4v) is 3.51. The molecule has 1 N–H and O–H groups in total. The maximum Gasteiger partial charge on any atom is 0.242 e. The molecule has 0 heterocycles. The molecule has 2 aromatic rings. The van der Waals surface area contributed by atoms with Crippen LogP contribution in [-0.2, 0) is 21.2 Å². The minimum atomic E-state index is -3.45. The van der Waals surface area contributed by atoms with Gasteiger partial charge in [-0.05, 0) is 36.2 Å². The van der Waals surface area contributed by atoms with E-state index in [4.69, 9.17) is 23.2 Å². The number of amides is 1. The first-order valence-electron chi connectivity index (χ1n) is 7.47. The third kappa shape index (κ3) is 4.95. The highest BCUT2D eigenvalue weighted by atomic mass is 35.5. The second kappa shape index (κ2) is 8.19. The molecule has 8 heteroatoms. The Hall–Kier alpha value is -1.60. The first-order chi connectivity index (χ1) is 11.7. The number of nitrogens with zero attached hydrogens (tertiary/aromatic N) is 1. The van der Waals surface area contributed by atoms with Gasteiger partial charge in [0.25, 0.3) is 0 Å². The van der Waals surface area contributed by atoms with Crippen molar-refractivity contribution in [1.82, 2.24) is 4.31 Å². The summed E-state index contributed by atoms with van der Waals surface area (Å²) < 4.78 is 25.2. The number of hydrogen-bond donors (Lipinski definition) is 1. The Balaban J connectivity index is 1.99. The summed E-state index contributed by atoms with van der Waals surface area (Å²) >= 11 is 12.0. The van der Waals surface area contributed by atoms with Crippen molar-refractivity contribution in [3.63, 3.8) is 0 Å². The van der Waals surface area contributed by atoms with Crippen LogP contribution in [0.15, 0.2) is 47.4 Å². The third-order valence-corrected chi connectivity index (χ3v) is 6.03. The molecule has 0 aliphatic heterocycles. The zero-order valence-corrected chi connectivity index (χ0v) is 16.1. The molecule has 0 aliphatic carbocycles.